The summed E-state index contributed by atoms with van der Waals surface area (Å²) in [6.07, 6.45) is 0.511. The van der Waals surface area contributed by atoms with Gasteiger partial charge in [0.25, 0.3) is 0 Å². The fraction of sp³-hybridized carbons (Fsp3) is 0.133. The van der Waals surface area contributed by atoms with Crippen molar-refractivity contribution in [1.82, 2.24) is 0 Å². The first-order valence-corrected chi connectivity index (χ1v) is 6.49. The van der Waals surface area contributed by atoms with Crippen LogP contribution in [-0.2, 0) is 0 Å². The lowest BCUT2D eigenvalue weighted by Gasteiger charge is -2.11. The summed E-state index contributed by atoms with van der Waals surface area (Å²) in [7, 11) is 0. The second-order valence-corrected chi connectivity index (χ2v) is 5.34. The van der Waals surface area contributed by atoms with Crippen molar-refractivity contribution in [1.29, 1.82) is 0 Å². The summed E-state index contributed by atoms with van der Waals surface area (Å²) in [5.41, 5.74) is 2.92. The Bertz CT molecular complexity index is 617. The number of rotatable bonds is 1. The quantitative estimate of drug-likeness (QED) is 0.737. The van der Waals surface area contributed by atoms with E-state index in [9.17, 15) is 4.79 Å². The molecule has 1 nitrogen and oxygen atoms in total. The molecule has 2 aromatic rings. The lowest BCUT2D eigenvalue weighted by Crippen LogP contribution is -1.96. The van der Waals surface area contributed by atoms with E-state index in [2.05, 4.69) is 0 Å². The van der Waals surface area contributed by atoms with Crippen LogP contribution in [0.3, 0.4) is 0 Å². The van der Waals surface area contributed by atoms with Crippen LogP contribution in [0.2, 0.25) is 10.0 Å². The van der Waals surface area contributed by atoms with E-state index in [4.69, 9.17) is 23.2 Å². The van der Waals surface area contributed by atoms with Gasteiger partial charge in [0.15, 0.2) is 5.78 Å². The lowest BCUT2D eigenvalue weighted by atomic mass is 9.93. The number of carbonyl (C=O) groups is 1. The van der Waals surface area contributed by atoms with E-state index >= 15 is 0 Å². The van der Waals surface area contributed by atoms with Crippen LogP contribution in [0, 0.1) is 0 Å². The van der Waals surface area contributed by atoms with Crippen molar-refractivity contribution in [2.24, 2.45) is 0 Å². The second kappa shape index (κ2) is 4.42. The molecule has 0 spiro atoms. The average Bonchev–Trinajstić information content (AvgIpc) is 2.67. The first-order valence-electron chi connectivity index (χ1n) is 5.73. The number of benzene rings is 2. The molecule has 18 heavy (non-hydrogen) atoms. The first kappa shape index (κ1) is 11.8. The highest BCUT2D eigenvalue weighted by Gasteiger charge is 2.30. The Hall–Kier alpha value is -1.31. The van der Waals surface area contributed by atoms with Gasteiger partial charge in [0, 0.05) is 27.9 Å². The lowest BCUT2D eigenvalue weighted by molar-refractivity contribution is 0.0991. The summed E-state index contributed by atoms with van der Waals surface area (Å²) >= 11 is 11.9. The minimum atomic E-state index is 0.100. The van der Waals surface area contributed by atoms with Crippen LogP contribution in [0.5, 0.6) is 0 Å². The molecule has 3 rings (SSSR count). The third-order valence-corrected chi connectivity index (χ3v) is 3.84. The van der Waals surface area contributed by atoms with E-state index in [1.165, 1.54) is 0 Å². The number of hydrogen-bond acceptors (Lipinski definition) is 1. The van der Waals surface area contributed by atoms with Crippen LogP contribution in [0.1, 0.15) is 33.8 Å². The number of fused-ring (bicyclic) bond motifs is 1. The normalized spacial score (nSPS) is 17.9. The predicted octanol–water partition coefficient (Wildman–Crippen LogP) is 4.71. The van der Waals surface area contributed by atoms with Crippen molar-refractivity contribution in [3.05, 3.63) is 69.2 Å². The molecule has 0 heterocycles. The molecule has 0 amide bonds. The molecular formula is C15H10Cl2O. The molecule has 0 N–H and O–H groups in total. The summed E-state index contributed by atoms with van der Waals surface area (Å²) in [5, 5.41) is 1.37. The molecule has 0 saturated heterocycles. The van der Waals surface area contributed by atoms with E-state index in [-0.39, 0.29) is 11.7 Å². The van der Waals surface area contributed by atoms with Crippen LogP contribution in [-0.4, -0.2) is 5.78 Å². The van der Waals surface area contributed by atoms with Gasteiger partial charge in [-0.15, -0.1) is 0 Å². The monoisotopic (exact) mass is 276 g/mol. The fourth-order valence-corrected chi connectivity index (χ4v) is 2.78. The van der Waals surface area contributed by atoms with Crippen molar-refractivity contribution in [3.8, 4) is 0 Å². The Labute approximate surface area is 115 Å². The van der Waals surface area contributed by atoms with Crippen molar-refractivity contribution in [3.63, 3.8) is 0 Å². The number of Topliss-reactive ketones (excluding diaryl/α,β-unsaturated/α-hetero) is 1. The number of ketones is 1. The molecule has 1 aliphatic rings. The number of carbonyl (C=O) groups excluding carboxylic acids is 1. The van der Waals surface area contributed by atoms with Crippen LogP contribution in [0.15, 0.2) is 42.5 Å². The zero-order valence-electron chi connectivity index (χ0n) is 9.49. The third-order valence-electron chi connectivity index (χ3n) is 3.35. The second-order valence-electron chi connectivity index (χ2n) is 4.46. The zero-order chi connectivity index (χ0) is 12.7. The van der Waals surface area contributed by atoms with Gasteiger partial charge in [0.1, 0.15) is 0 Å². The maximum Gasteiger partial charge on any atom is 0.164 e. The van der Waals surface area contributed by atoms with Crippen molar-refractivity contribution < 1.29 is 4.79 Å². The maximum absolute atomic E-state index is 12.0. The van der Waals surface area contributed by atoms with Gasteiger partial charge in [0.2, 0.25) is 0 Å². The number of halogens is 2. The van der Waals surface area contributed by atoms with Gasteiger partial charge in [-0.1, -0.05) is 35.3 Å². The van der Waals surface area contributed by atoms with E-state index in [1.807, 2.05) is 36.4 Å². The average molecular weight is 277 g/mol. The zero-order valence-corrected chi connectivity index (χ0v) is 11.0. The van der Waals surface area contributed by atoms with Crippen LogP contribution in [0.25, 0.3) is 0 Å². The van der Waals surface area contributed by atoms with Gasteiger partial charge >= 0.3 is 0 Å². The summed E-state index contributed by atoms with van der Waals surface area (Å²) in [4.78, 5) is 12.0. The summed E-state index contributed by atoms with van der Waals surface area (Å²) < 4.78 is 0. The van der Waals surface area contributed by atoms with E-state index in [0.29, 0.717) is 16.5 Å². The summed E-state index contributed by atoms with van der Waals surface area (Å²) in [5.74, 6) is 0.282. The van der Waals surface area contributed by atoms with Gasteiger partial charge in [-0.25, -0.2) is 0 Å². The Morgan fingerprint density at radius 3 is 2.33 bits per heavy atom. The third kappa shape index (κ3) is 1.94. The Morgan fingerprint density at radius 2 is 1.61 bits per heavy atom. The molecule has 1 atom stereocenters. The van der Waals surface area contributed by atoms with Gasteiger partial charge in [-0.05, 0) is 41.5 Å². The molecule has 0 unspecified atom stereocenters. The van der Waals surface area contributed by atoms with Gasteiger partial charge < -0.3 is 0 Å². The predicted molar refractivity (Wildman–Crippen MR) is 73.7 cm³/mol. The molecule has 0 aromatic heterocycles. The van der Waals surface area contributed by atoms with Crippen LogP contribution < -0.4 is 0 Å². The molecule has 0 bridgehead atoms. The molecule has 2 aromatic carbocycles. The minimum absolute atomic E-state index is 0.100. The maximum atomic E-state index is 12.0. The first-order chi connectivity index (χ1) is 8.65. The standard InChI is InChI=1S/C15H10Cl2O/c16-10-3-1-9(2-4-10)13-8-15(18)12-6-5-11(17)7-14(12)13/h1-7,13H,8H2/t13-/m0/s1. The highest BCUT2D eigenvalue weighted by molar-refractivity contribution is 6.31. The van der Waals surface area contributed by atoms with E-state index in [0.717, 1.165) is 16.7 Å². The van der Waals surface area contributed by atoms with Crippen LogP contribution >= 0.6 is 23.2 Å². The molecule has 0 saturated carbocycles. The van der Waals surface area contributed by atoms with Gasteiger partial charge in [-0.2, -0.15) is 0 Å². The van der Waals surface area contributed by atoms with Crippen molar-refractivity contribution in [2.45, 2.75) is 12.3 Å². The number of hydrogen-bond donors (Lipinski definition) is 0. The van der Waals surface area contributed by atoms with Crippen LogP contribution in [0.4, 0.5) is 0 Å². The molecular weight excluding hydrogens is 267 g/mol. The summed E-state index contributed by atoms with van der Waals surface area (Å²) in [6, 6.07) is 13.1. The van der Waals surface area contributed by atoms with Gasteiger partial charge in [0.05, 0.1) is 0 Å². The van der Waals surface area contributed by atoms with E-state index < -0.39 is 0 Å². The summed E-state index contributed by atoms with van der Waals surface area (Å²) in [6.45, 7) is 0. The molecule has 0 aliphatic heterocycles. The molecule has 0 fully saturated rings. The molecule has 0 radical (unpaired) electrons. The smallest absolute Gasteiger partial charge is 0.164 e. The Morgan fingerprint density at radius 1 is 0.944 bits per heavy atom. The minimum Gasteiger partial charge on any atom is -0.294 e. The molecule has 1 aliphatic carbocycles. The highest BCUT2D eigenvalue weighted by Crippen LogP contribution is 2.39. The highest BCUT2D eigenvalue weighted by atomic mass is 35.5. The Kier molecular flexibility index (Phi) is 2.89. The van der Waals surface area contributed by atoms with Crippen molar-refractivity contribution >= 4 is 29.0 Å². The largest absolute Gasteiger partial charge is 0.294 e. The van der Waals surface area contributed by atoms with Crippen molar-refractivity contribution in [2.75, 3.05) is 0 Å². The van der Waals surface area contributed by atoms with Gasteiger partial charge in [-0.3, -0.25) is 4.79 Å². The molecule has 90 valence electrons. The Balaban J connectivity index is 2.09. The topological polar surface area (TPSA) is 17.1 Å². The molecule has 3 heteroatoms. The van der Waals surface area contributed by atoms with E-state index in [1.54, 1.807) is 6.07 Å². The fourth-order valence-electron chi connectivity index (χ4n) is 2.47. The SMILES string of the molecule is O=C1C[C@@H](c2ccc(Cl)cc2)c2cc(Cl)ccc21.